The van der Waals surface area contributed by atoms with Gasteiger partial charge in [-0.15, -0.1) is 0 Å². The number of aliphatic hydroxyl groups is 1. The molecule has 1 aliphatic heterocycles. The molecule has 1 aromatic rings. The lowest BCUT2D eigenvalue weighted by atomic mass is 9.53. The maximum absolute atomic E-state index is 12.5. The lowest BCUT2D eigenvalue weighted by Gasteiger charge is -2.60. The van der Waals surface area contributed by atoms with Crippen molar-refractivity contribution >= 4 is 11.7 Å². The van der Waals surface area contributed by atoms with Gasteiger partial charge < -0.3 is 10.8 Å². The number of aryl methyl sites for hydroxylation is 1. The predicted molar refractivity (Wildman–Crippen MR) is 110 cm³/mol. The molecule has 28 heavy (non-hydrogen) atoms. The SMILES string of the molecule is CC(C)=CCN1CC[C@]2(c3cc(C(N)=O)ccc3C)CC(=O)CC[C@@]2(O)[C@H]1C. The number of rotatable bonds is 4. The third-order valence-corrected chi connectivity index (χ3v) is 6.95. The molecule has 3 atom stereocenters. The lowest BCUT2D eigenvalue weighted by molar-refractivity contribution is -0.162. The number of amides is 1. The summed E-state index contributed by atoms with van der Waals surface area (Å²) in [5.41, 5.74) is 7.37. The van der Waals surface area contributed by atoms with Crippen LogP contribution in [0.1, 0.15) is 67.9 Å². The topological polar surface area (TPSA) is 83.6 Å². The van der Waals surface area contributed by atoms with Crippen molar-refractivity contribution in [3.63, 3.8) is 0 Å². The number of piperidine rings is 1. The zero-order valence-corrected chi connectivity index (χ0v) is 17.4. The minimum Gasteiger partial charge on any atom is -0.387 e. The first-order valence-electron chi connectivity index (χ1n) is 10.1. The van der Waals surface area contributed by atoms with Crippen molar-refractivity contribution in [1.82, 2.24) is 4.90 Å². The van der Waals surface area contributed by atoms with Gasteiger partial charge in [0.25, 0.3) is 0 Å². The van der Waals surface area contributed by atoms with Crippen molar-refractivity contribution in [3.05, 3.63) is 46.5 Å². The molecule has 3 rings (SSSR count). The third-order valence-electron chi connectivity index (χ3n) is 6.95. The second-order valence-corrected chi connectivity index (χ2v) is 8.82. The van der Waals surface area contributed by atoms with Crippen LogP contribution in [-0.2, 0) is 10.2 Å². The van der Waals surface area contributed by atoms with Gasteiger partial charge in [-0.1, -0.05) is 17.7 Å². The highest BCUT2D eigenvalue weighted by Gasteiger charge is 2.61. The highest BCUT2D eigenvalue weighted by atomic mass is 16.3. The zero-order valence-electron chi connectivity index (χ0n) is 17.4. The largest absolute Gasteiger partial charge is 0.387 e. The molecule has 0 aromatic heterocycles. The number of ketones is 1. The van der Waals surface area contributed by atoms with Gasteiger partial charge in [-0.05, 0) is 70.3 Å². The Kier molecular flexibility index (Phi) is 5.52. The Morgan fingerprint density at radius 1 is 1.36 bits per heavy atom. The van der Waals surface area contributed by atoms with Gasteiger partial charge in [0.15, 0.2) is 0 Å². The van der Waals surface area contributed by atoms with Crippen molar-refractivity contribution in [1.29, 1.82) is 0 Å². The highest BCUT2D eigenvalue weighted by molar-refractivity contribution is 5.93. The summed E-state index contributed by atoms with van der Waals surface area (Å²) in [5.74, 6) is -0.309. The molecule has 1 amide bonds. The van der Waals surface area contributed by atoms with Crippen molar-refractivity contribution < 1.29 is 14.7 Å². The van der Waals surface area contributed by atoms with Gasteiger partial charge in [0.1, 0.15) is 5.78 Å². The summed E-state index contributed by atoms with van der Waals surface area (Å²) in [5, 5.41) is 12.0. The molecule has 0 spiro atoms. The van der Waals surface area contributed by atoms with Crippen molar-refractivity contribution in [2.24, 2.45) is 5.73 Å². The summed E-state index contributed by atoms with van der Waals surface area (Å²) >= 11 is 0. The number of likely N-dealkylation sites (tertiary alicyclic amines) is 1. The summed E-state index contributed by atoms with van der Waals surface area (Å²) in [6, 6.07) is 5.31. The van der Waals surface area contributed by atoms with Crippen molar-refractivity contribution in [2.45, 2.75) is 70.4 Å². The predicted octanol–water partition coefficient (Wildman–Crippen LogP) is 2.88. The summed E-state index contributed by atoms with van der Waals surface area (Å²) in [6.45, 7) is 9.78. The maximum atomic E-state index is 12.5. The second kappa shape index (κ2) is 7.45. The van der Waals surface area contributed by atoms with Crippen molar-refractivity contribution in [3.8, 4) is 0 Å². The molecular weight excluding hydrogens is 352 g/mol. The van der Waals surface area contributed by atoms with E-state index in [0.717, 1.165) is 24.2 Å². The van der Waals surface area contributed by atoms with E-state index in [-0.39, 0.29) is 11.8 Å². The van der Waals surface area contributed by atoms with E-state index in [1.165, 1.54) is 5.57 Å². The monoisotopic (exact) mass is 384 g/mol. The molecule has 5 heteroatoms. The summed E-state index contributed by atoms with van der Waals surface area (Å²) in [7, 11) is 0. The molecule has 1 saturated carbocycles. The van der Waals surface area contributed by atoms with Crippen molar-refractivity contribution in [2.75, 3.05) is 13.1 Å². The van der Waals surface area contributed by atoms with E-state index >= 15 is 0 Å². The van der Waals surface area contributed by atoms with E-state index in [9.17, 15) is 14.7 Å². The number of carbonyl (C=O) groups is 2. The number of Topliss-reactive ketones (excluding diaryl/α,β-unsaturated/α-hetero) is 1. The van der Waals surface area contributed by atoms with E-state index in [1.807, 2.05) is 13.0 Å². The van der Waals surface area contributed by atoms with Gasteiger partial charge in [0.05, 0.1) is 5.60 Å². The Morgan fingerprint density at radius 3 is 2.71 bits per heavy atom. The number of hydrogen-bond donors (Lipinski definition) is 2. The van der Waals surface area contributed by atoms with Crippen LogP contribution in [0.25, 0.3) is 0 Å². The van der Waals surface area contributed by atoms with Gasteiger partial charge in [0.2, 0.25) is 5.91 Å². The molecule has 1 heterocycles. The first-order valence-corrected chi connectivity index (χ1v) is 10.1. The Balaban J connectivity index is 2.11. The van der Waals surface area contributed by atoms with Gasteiger partial charge in [0, 0.05) is 36.4 Å². The standard InChI is InChI=1S/C23H32N2O3/c1-15(2)8-11-25-12-10-22(14-19(26)7-9-23(22,28)17(25)4)20-13-18(21(24)27)6-5-16(20)3/h5-6,8,13,17,28H,7,9-12,14H2,1-4H3,(H2,24,27)/t17-,22-,23-/m1/s1. The van der Waals surface area contributed by atoms with E-state index in [0.29, 0.717) is 31.2 Å². The van der Waals surface area contributed by atoms with Crippen LogP contribution in [0.2, 0.25) is 0 Å². The second-order valence-electron chi connectivity index (χ2n) is 8.82. The molecule has 1 saturated heterocycles. The van der Waals surface area contributed by atoms with Crippen LogP contribution in [-0.4, -0.2) is 46.4 Å². The van der Waals surface area contributed by atoms with E-state index < -0.39 is 16.9 Å². The van der Waals surface area contributed by atoms with Crippen LogP contribution in [0.5, 0.6) is 0 Å². The summed E-state index contributed by atoms with van der Waals surface area (Å²) < 4.78 is 0. The average molecular weight is 385 g/mol. The minimum atomic E-state index is -1.03. The molecule has 2 aliphatic rings. The maximum Gasteiger partial charge on any atom is 0.248 e. The number of nitrogens with zero attached hydrogens (tertiary/aromatic N) is 1. The molecule has 5 nitrogen and oxygen atoms in total. The summed E-state index contributed by atoms with van der Waals surface area (Å²) in [4.78, 5) is 26.6. The highest BCUT2D eigenvalue weighted by Crippen LogP contribution is 2.54. The number of hydrogen-bond acceptors (Lipinski definition) is 4. The van der Waals surface area contributed by atoms with Crippen LogP contribution < -0.4 is 5.73 Å². The fourth-order valence-corrected chi connectivity index (χ4v) is 5.19. The molecule has 152 valence electrons. The number of nitrogens with two attached hydrogens (primary N) is 1. The summed E-state index contributed by atoms with van der Waals surface area (Å²) in [6.07, 6.45) is 4.01. The van der Waals surface area contributed by atoms with Crippen LogP contribution in [0, 0.1) is 6.92 Å². The Bertz CT molecular complexity index is 827. The molecule has 1 aromatic carbocycles. The Hall–Kier alpha value is -1.98. The van der Waals surface area contributed by atoms with E-state index in [4.69, 9.17) is 5.73 Å². The van der Waals surface area contributed by atoms with Crippen LogP contribution >= 0.6 is 0 Å². The van der Waals surface area contributed by atoms with Gasteiger partial charge in [-0.25, -0.2) is 0 Å². The Labute approximate surface area is 167 Å². The smallest absolute Gasteiger partial charge is 0.248 e. The molecule has 0 bridgehead atoms. The van der Waals surface area contributed by atoms with Crippen LogP contribution in [0.15, 0.2) is 29.8 Å². The first kappa shape index (κ1) is 20.7. The number of primary amides is 1. The minimum absolute atomic E-state index is 0.0958. The molecule has 0 unspecified atom stereocenters. The van der Waals surface area contributed by atoms with Gasteiger partial charge in [-0.3, -0.25) is 14.5 Å². The molecular formula is C23H32N2O3. The van der Waals surface area contributed by atoms with Gasteiger partial charge >= 0.3 is 0 Å². The lowest BCUT2D eigenvalue weighted by Crippen LogP contribution is -2.69. The molecule has 3 N–H and O–H groups in total. The molecule has 0 radical (unpaired) electrons. The van der Waals surface area contributed by atoms with E-state index in [1.54, 1.807) is 12.1 Å². The quantitative estimate of drug-likeness (QED) is 0.782. The first-order chi connectivity index (χ1) is 13.1. The molecule has 1 aliphatic carbocycles. The molecule has 2 fully saturated rings. The zero-order chi connectivity index (χ0) is 20.7. The third kappa shape index (κ3) is 3.31. The average Bonchev–Trinajstić information content (AvgIpc) is 2.63. The number of carbonyl (C=O) groups excluding carboxylic acids is 2. The van der Waals surface area contributed by atoms with Crippen LogP contribution in [0.3, 0.4) is 0 Å². The number of allylic oxidation sites excluding steroid dienone is 1. The van der Waals surface area contributed by atoms with Gasteiger partial charge in [-0.2, -0.15) is 0 Å². The fraction of sp³-hybridized carbons (Fsp3) is 0.565. The fourth-order valence-electron chi connectivity index (χ4n) is 5.19. The van der Waals surface area contributed by atoms with E-state index in [2.05, 4.69) is 31.7 Å². The number of fused-ring (bicyclic) bond motifs is 1. The Morgan fingerprint density at radius 2 is 2.07 bits per heavy atom. The normalized spacial score (nSPS) is 30.6. The number of benzene rings is 1. The van der Waals surface area contributed by atoms with Crippen LogP contribution in [0.4, 0.5) is 0 Å².